The van der Waals surface area contributed by atoms with Gasteiger partial charge in [-0.1, -0.05) is 0 Å². The number of halogens is 3. The van der Waals surface area contributed by atoms with E-state index >= 15 is 0 Å². The van der Waals surface area contributed by atoms with Gasteiger partial charge in [0, 0.05) is 53.6 Å². The lowest BCUT2D eigenvalue weighted by molar-refractivity contribution is -0.146. The second-order valence-electron chi connectivity index (χ2n) is 12.6. The predicted octanol–water partition coefficient (Wildman–Crippen LogP) is 5.59. The first-order valence-electron chi connectivity index (χ1n) is 15.4. The number of esters is 1. The average Bonchev–Trinajstić information content (AvgIpc) is 3.38. The number of carbonyl (C=O) groups is 3. The largest absolute Gasteiger partial charge is 0.456 e. The fourth-order valence-corrected chi connectivity index (χ4v) is 6.44. The van der Waals surface area contributed by atoms with Crippen molar-refractivity contribution in [2.24, 2.45) is 0 Å². The fourth-order valence-electron chi connectivity index (χ4n) is 5.91. The van der Waals surface area contributed by atoms with E-state index in [4.69, 9.17) is 9.47 Å². The normalized spacial score (nSPS) is 18.1. The summed E-state index contributed by atoms with van der Waals surface area (Å²) in [7, 11) is -1.69. The molecule has 0 bridgehead atoms. The van der Waals surface area contributed by atoms with E-state index < -0.39 is 69.2 Å². The molecule has 1 aliphatic heterocycles. The first-order chi connectivity index (χ1) is 22.6. The highest BCUT2D eigenvalue weighted by atomic mass is 32.2. The van der Waals surface area contributed by atoms with Crippen molar-refractivity contribution in [1.82, 2.24) is 15.3 Å². The van der Waals surface area contributed by atoms with Gasteiger partial charge in [0.2, 0.25) is 0 Å². The third-order valence-electron chi connectivity index (χ3n) is 7.82. The number of aromatic nitrogens is 2. The van der Waals surface area contributed by atoms with Crippen LogP contribution in [0.4, 0.5) is 29.3 Å². The number of hydrogen-bond acceptors (Lipinski definition) is 9. The Balaban J connectivity index is 1.48. The van der Waals surface area contributed by atoms with Gasteiger partial charge in [-0.15, -0.1) is 0 Å². The highest BCUT2D eigenvalue weighted by Gasteiger charge is 2.34. The molecule has 0 radical (unpaired) electrons. The molecular weight excluding hydrogens is 651 g/mol. The minimum Gasteiger partial charge on any atom is -0.456 e. The van der Waals surface area contributed by atoms with Crippen molar-refractivity contribution in [3.63, 3.8) is 0 Å². The van der Waals surface area contributed by atoms with E-state index in [1.165, 1.54) is 19.4 Å². The van der Waals surface area contributed by atoms with Crippen LogP contribution in [0, 0.1) is 17.5 Å². The number of ether oxygens (including phenoxy) is 2. The van der Waals surface area contributed by atoms with Crippen LogP contribution in [-0.4, -0.2) is 63.1 Å². The summed E-state index contributed by atoms with van der Waals surface area (Å²) >= 11 is 0. The molecule has 256 valence electrons. The molecule has 0 saturated carbocycles. The van der Waals surface area contributed by atoms with E-state index in [0.717, 1.165) is 29.8 Å². The molecule has 3 heterocycles. The van der Waals surface area contributed by atoms with Crippen LogP contribution in [0.1, 0.15) is 74.8 Å². The number of benzene rings is 1. The smallest absolute Gasteiger partial charge is 0.407 e. The number of nitrogens with one attached hydrogen (secondary N) is 2. The lowest BCUT2D eigenvalue weighted by Gasteiger charge is -2.37. The molecular formula is C33H36F3N5O6S. The molecule has 2 aliphatic rings. The minimum atomic E-state index is -1.69. The molecule has 2 unspecified atom stereocenters. The first kappa shape index (κ1) is 34.8. The summed E-state index contributed by atoms with van der Waals surface area (Å²) in [6.45, 7) is 7.56. The Morgan fingerprint density at radius 2 is 1.77 bits per heavy atom. The van der Waals surface area contributed by atoms with Crippen LogP contribution in [0.15, 0.2) is 35.4 Å². The molecule has 11 nitrogen and oxygen atoms in total. The van der Waals surface area contributed by atoms with E-state index in [1.807, 2.05) is 4.90 Å². The Kier molecular flexibility index (Phi) is 10.1. The van der Waals surface area contributed by atoms with Crippen LogP contribution in [0.5, 0.6) is 0 Å². The molecule has 1 fully saturated rings. The van der Waals surface area contributed by atoms with E-state index in [9.17, 15) is 31.8 Å². The van der Waals surface area contributed by atoms with Crippen LogP contribution in [-0.2, 0) is 31.5 Å². The van der Waals surface area contributed by atoms with Crippen molar-refractivity contribution >= 4 is 40.1 Å². The highest BCUT2D eigenvalue weighted by molar-refractivity contribution is 7.84. The fraction of sp³-hybridized carbons (Fsp3) is 0.424. The highest BCUT2D eigenvalue weighted by Crippen LogP contribution is 2.43. The van der Waals surface area contributed by atoms with Crippen LogP contribution < -0.4 is 15.5 Å². The summed E-state index contributed by atoms with van der Waals surface area (Å²) < 4.78 is 67.5. The topological polar surface area (TPSA) is 140 Å². The third kappa shape index (κ3) is 7.77. The second kappa shape index (κ2) is 13.9. The Morgan fingerprint density at radius 1 is 1.06 bits per heavy atom. The van der Waals surface area contributed by atoms with Crippen molar-refractivity contribution < 1.29 is 41.2 Å². The molecule has 1 aliphatic carbocycles. The summed E-state index contributed by atoms with van der Waals surface area (Å²) in [5.41, 5.74) is -0.355. The molecule has 1 aromatic carbocycles. The average molecular weight is 688 g/mol. The number of nitrogens with zero attached hydrogens (tertiary/aromatic N) is 3. The third-order valence-corrected chi connectivity index (χ3v) is 8.72. The molecule has 2 aromatic heterocycles. The van der Waals surface area contributed by atoms with Crippen LogP contribution in [0.25, 0.3) is 11.3 Å². The molecule has 1 saturated heterocycles. The summed E-state index contributed by atoms with van der Waals surface area (Å²) in [4.78, 5) is 48.3. The molecule has 2 N–H and O–H groups in total. The maximum Gasteiger partial charge on any atom is 0.407 e. The molecule has 3 atom stereocenters. The minimum absolute atomic E-state index is 0.128. The van der Waals surface area contributed by atoms with E-state index in [1.54, 1.807) is 20.8 Å². The molecule has 5 rings (SSSR count). The quantitative estimate of drug-likeness (QED) is 0.304. The van der Waals surface area contributed by atoms with Gasteiger partial charge in [0.25, 0.3) is 5.91 Å². The van der Waals surface area contributed by atoms with Gasteiger partial charge < -0.3 is 25.0 Å². The number of fused-ring (bicyclic) bond motifs is 1. The van der Waals surface area contributed by atoms with Gasteiger partial charge >= 0.3 is 12.1 Å². The monoisotopic (exact) mass is 687 g/mol. The standard InChI is InChI=1S/C33H36F3N5O6S/c1-17(42)46-26-11-8-20-28(26)37-15-25(30(20)41-12-6-7-18(16-41)38-32(44)47-33(2,3)4)40-31(43)24-10-9-21(34)29(39-24)27-22(35)13-19(48(5)45)14-23(27)36/h9-10,13-15,18,26H,6-8,11-12,16H2,1-5H3,(H,38,44)(H,40,43)/t18-,26?,48?/m0/s1. The van der Waals surface area contributed by atoms with Crippen molar-refractivity contribution in [3.8, 4) is 11.3 Å². The van der Waals surface area contributed by atoms with Crippen molar-refractivity contribution in [3.05, 3.63) is 64.9 Å². The number of piperidine rings is 1. The van der Waals surface area contributed by atoms with Crippen LogP contribution in [0.3, 0.4) is 0 Å². The zero-order valence-corrected chi connectivity index (χ0v) is 27.9. The summed E-state index contributed by atoms with van der Waals surface area (Å²) in [6.07, 6.45) is 3.88. The van der Waals surface area contributed by atoms with Crippen molar-refractivity contribution in [2.75, 3.05) is 29.6 Å². The number of hydrogen-bond donors (Lipinski definition) is 2. The predicted molar refractivity (Wildman–Crippen MR) is 172 cm³/mol. The van der Waals surface area contributed by atoms with E-state index in [0.29, 0.717) is 50.2 Å². The Labute approximate surface area is 278 Å². The number of anilines is 2. The summed E-state index contributed by atoms with van der Waals surface area (Å²) in [5, 5.41) is 5.68. The lowest BCUT2D eigenvalue weighted by atomic mass is 10.0. The van der Waals surface area contributed by atoms with Gasteiger partial charge in [-0.25, -0.2) is 22.9 Å². The molecule has 0 spiro atoms. The van der Waals surface area contributed by atoms with Gasteiger partial charge in [0.15, 0.2) is 0 Å². The second-order valence-corrected chi connectivity index (χ2v) is 14.0. The number of pyridine rings is 2. The van der Waals surface area contributed by atoms with Gasteiger partial charge in [0.1, 0.15) is 40.5 Å². The van der Waals surface area contributed by atoms with Gasteiger partial charge in [-0.3, -0.25) is 18.8 Å². The summed E-state index contributed by atoms with van der Waals surface area (Å²) in [6, 6.07) is 3.34. The lowest BCUT2D eigenvalue weighted by Crippen LogP contribution is -2.49. The SMILES string of the molecule is CC(=O)OC1CCc2c1ncc(NC(=O)c1ccc(F)c(-c3c(F)cc(S(C)=O)cc3F)n1)c2N1CCC[C@H](NC(=O)OC(C)(C)C)C1. The van der Waals surface area contributed by atoms with Crippen molar-refractivity contribution in [1.29, 1.82) is 0 Å². The number of rotatable bonds is 7. The number of carbonyl (C=O) groups excluding carboxylic acids is 3. The molecule has 2 amide bonds. The van der Waals surface area contributed by atoms with Crippen LogP contribution in [0.2, 0.25) is 0 Å². The molecule has 3 aromatic rings. The first-order valence-corrected chi connectivity index (χ1v) is 16.9. The van der Waals surface area contributed by atoms with Gasteiger partial charge in [-0.05, 0) is 70.7 Å². The number of alkyl carbamates (subject to hydrolysis) is 1. The Bertz CT molecular complexity index is 1780. The zero-order valence-electron chi connectivity index (χ0n) is 27.1. The van der Waals surface area contributed by atoms with Gasteiger partial charge in [0.05, 0.1) is 28.8 Å². The molecule has 48 heavy (non-hydrogen) atoms. The summed E-state index contributed by atoms with van der Waals surface area (Å²) in [5.74, 6) is -4.70. The Hall–Kier alpha value is -4.53. The maximum absolute atomic E-state index is 14.9. The zero-order chi connectivity index (χ0) is 34.9. The molecule has 15 heteroatoms. The van der Waals surface area contributed by atoms with Crippen molar-refractivity contribution in [2.45, 2.75) is 76.0 Å². The Morgan fingerprint density at radius 3 is 2.42 bits per heavy atom. The van der Waals surface area contributed by atoms with Gasteiger partial charge in [-0.2, -0.15) is 0 Å². The van der Waals surface area contributed by atoms with Crippen LogP contribution >= 0.6 is 0 Å². The van der Waals surface area contributed by atoms with E-state index in [-0.39, 0.29) is 22.3 Å². The maximum atomic E-state index is 14.9. The van der Waals surface area contributed by atoms with E-state index in [2.05, 4.69) is 20.6 Å². The number of amides is 2.